The van der Waals surface area contributed by atoms with Gasteiger partial charge in [0.15, 0.2) is 0 Å². The van der Waals surface area contributed by atoms with Gasteiger partial charge in [-0.25, -0.2) is 0 Å². The summed E-state index contributed by atoms with van der Waals surface area (Å²) in [6, 6.07) is 9.31. The average Bonchev–Trinajstić information content (AvgIpc) is 2.62. The first-order valence-corrected chi connectivity index (χ1v) is 9.70. The lowest BCUT2D eigenvalue weighted by molar-refractivity contribution is 0.252. The molecule has 2 heteroatoms. The molecule has 1 fully saturated rings. The first-order chi connectivity index (χ1) is 11.1. The van der Waals surface area contributed by atoms with Gasteiger partial charge < -0.3 is 4.90 Å². The molecule has 2 rings (SSSR count). The number of benzene rings is 1. The minimum Gasteiger partial charge on any atom is -0.369 e. The average molecular weight is 317 g/mol. The number of anilines is 1. The van der Waals surface area contributed by atoms with E-state index in [-0.39, 0.29) is 0 Å². The van der Waals surface area contributed by atoms with E-state index in [1.807, 2.05) is 0 Å². The Kier molecular flexibility index (Phi) is 6.95. The van der Waals surface area contributed by atoms with Crippen LogP contribution in [0, 0.1) is 0 Å². The monoisotopic (exact) mass is 316 g/mol. The Morgan fingerprint density at radius 2 is 1.65 bits per heavy atom. The zero-order chi connectivity index (χ0) is 16.7. The molecule has 0 saturated carbocycles. The Labute approximate surface area is 143 Å². The van der Waals surface area contributed by atoms with Gasteiger partial charge in [-0.05, 0) is 48.9 Å². The smallest absolute Gasteiger partial charge is 0.0370 e. The molecule has 1 saturated heterocycles. The highest BCUT2D eigenvalue weighted by Gasteiger charge is 2.23. The molecule has 1 heterocycles. The summed E-state index contributed by atoms with van der Waals surface area (Å²) in [7, 11) is 0. The number of piperazine rings is 1. The van der Waals surface area contributed by atoms with Gasteiger partial charge >= 0.3 is 0 Å². The SMILES string of the molecule is CCCCCN1CCN(c2cccc(C(C)(CC)CC)c2)CC1. The maximum atomic E-state index is 2.64. The van der Waals surface area contributed by atoms with Crippen molar-refractivity contribution >= 4 is 5.69 Å². The third-order valence-electron chi connectivity index (χ3n) is 5.92. The minimum absolute atomic E-state index is 0.317. The van der Waals surface area contributed by atoms with Gasteiger partial charge in [-0.15, -0.1) is 0 Å². The van der Waals surface area contributed by atoms with Gasteiger partial charge in [0.25, 0.3) is 0 Å². The van der Waals surface area contributed by atoms with Crippen LogP contribution in [0.5, 0.6) is 0 Å². The molecule has 1 aliphatic rings. The molecule has 0 spiro atoms. The second kappa shape index (κ2) is 8.73. The normalized spacial score (nSPS) is 16.8. The highest BCUT2D eigenvalue weighted by Crippen LogP contribution is 2.33. The van der Waals surface area contributed by atoms with E-state index in [0.29, 0.717) is 5.41 Å². The van der Waals surface area contributed by atoms with E-state index in [1.165, 1.54) is 76.1 Å². The fourth-order valence-electron chi connectivity index (χ4n) is 3.55. The van der Waals surface area contributed by atoms with Crippen molar-refractivity contribution in [3.05, 3.63) is 29.8 Å². The Morgan fingerprint density at radius 3 is 2.26 bits per heavy atom. The summed E-state index contributed by atoms with van der Waals surface area (Å²) < 4.78 is 0. The molecule has 0 bridgehead atoms. The summed E-state index contributed by atoms with van der Waals surface area (Å²) in [5, 5.41) is 0. The Hall–Kier alpha value is -1.02. The van der Waals surface area contributed by atoms with Crippen LogP contribution in [-0.2, 0) is 5.41 Å². The van der Waals surface area contributed by atoms with Gasteiger partial charge in [0.2, 0.25) is 0 Å². The van der Waals surface area contributed by atoms with Crippen LogP contribution >= 0.6 is 0 Å². The van der Waals surface area contributed by atoms with Crippen LogP contribution in [0.15, 0.2) is 24.3 Å². The van der Waals surface area contributed by atoms with Crippen LogP contribution < -0.4 is 4.90 Å². The molecule has 0 unspecified atom stereocenters. The summed E-state index contributed by atoms with van der Waals surface area (Å²) in [4.78, 5) is 5.21. The summed E-state index contributed by atoms with van der Waals surface area (Å²) in [5.41, 5.74) is 3.24. The van der Waals surface area contributed by atoms with E-state index in [4.69, 9.17) is 0 Å². The van der Waals surface area contributed by atoms with Crippen molar-refractivity contribution in [1.82, 2.24) is 4.90 Å². The molecule has 2 nitrogen and oxygen atoms in total. The van der Waals surface area contributed by atoms with Gasteiger partial charge in [0, 0.05) is 31.9 Å². The quantitative estimate of drug-likeness (QED) is 0.617. The maximum Gasteiger partial charge on any atom is 0.0370 e. The van der Waals surface area contributed by atoms with Gasteiger partial charge in [-0.2, -0.15) is 0 Å². The lowest BCUT2D eigenvalue weighted by atomic mass is 9.78. The first kappa shape index (κ1) is 18.3. The summed E-state index contributed by atoms with van der Waals surface area (Å²) in [6.07, 6.45) is 6.46. The van der Waals surface area contributed by atoms with Crippen LogP contribution in [0.2, 0.25) is 0 Å². The molecule has 0 atom stereocenters. The molecule has 23 heavy (non-hydrogen) atoms. The van der Waals surface area contributed by atoms with E-state index < -0.39 is 0 Å². The number of hydrogen-bond acceptors (Lipinski definition) is 2. The van der Waals surface area contributed by atoms with Gasteiger partial charge in [-0.3, -0.25) is 4.90 Å². The summed E-state index contributed by atoms with van der Waals surface area (Å²) >= 11 is 0. The van der Waals surface area contributed by atoms with Gasteiger partial charge in [0.1, 0.15) is 0 Å². The molecule has 0 radical (unpaired) electrons. The van der Waals surface area contributed by atoms with Crippen LogP contribution in [0.4, 0.5) is 5.69 Å². The second-order valence-electron chi connectivity index (χ2n) is 7.35. The molecule has 1 aliphatic heterocycles. The van der Waals surface area contributed by atoms with E-state index in [2.05, 4.69) is 61.8 Å². The molecule has 0 amide bonds. The fraction of sp³-hybridized carbons (Fsp3) is 0.714. The number of unbranched alkanes of at least 4 members (excludes halogenated alkanes) is 2. The summed E-state index contributed by atoms with van der Waals surface area (Å²) in [5.74, 6) is 0. The van der Waals surface area contributed by atoms with Crippen molar-refractivity contribution in [2.75, 3.05) is 37.6 Å². The first-order valence-electron chi connectivity index (χ1n) is 9.70. The molecule has 0 aromatic heterocycles. The predicted molar refractivity (Wildman–Crippen MR) is 103 cm³/mol. The lowest BCUT2D eigenvalue weighted by Gasteiger charge is -2.37. The van der Waals surface area contributed by atoms with E-state index in [0.717, 1.165) is 0 Å². The maximum absolute atomic E-state index is 2.64. The van der Waals surface area contributed by atoms with Crippen LogP contribution in [-0.4, -0.2) is 37.6 Å². The van der Waals surface area contributed by atoms with Crippen molar-refractivity contribution in [2.45, 2.75) is 65.2 Å². The summed E-state index contributed by atoms with van der Waals surface area (Å²) in [6.45, 7) is 15.4. The van der Waals surface area contributed by atoms with Crippen molar-refractivity contribution in [2.24, 2.45) is 0 Å². The van der Waals surface area contributed by atoms with Crippen molar-refractivity contribution < 1.29 is 0 Å². The molecular formula is C21H36N2. The van der Waals surface area contributed by atoms with Crippen molar-refractivity contribution in [1.29, 1.82) is 0 Å². The van der Waals surface area contributed by atoms with Crippen LogP contribution in [0.25, 0.3) is 0 Å². The van der Waals surface area contributed by atoms with E-state index >= 15 is 0 Å². The number of nitrogens with zero attached hydrogens (tertiary/aromatic N) is 2. The molecule has 0 N–H and O–H groups in total. The number of hydrogen-bond donors (Lipinski definition) is 0. The third kappa shape index (κ3) is 4.73. The van der Waals surface area contributed by atoms with Crippen LogP contribution in [0.3, 0.4) is 0 Å². The molecule has 0 aliphatic carbocycles. The predicted octanol–water partition coefficient (Wildman–Crippen LogP) is 5.08. The van der Waals surface area contributed by atoms with Crippen molar-refractivity contribution in [3.8, 4) is 0 Å². The lowest BCUT2D eigenvalue weighted by Crippen LogP contribution is -2.46. The van der Waals surface area contributed by atoms with Crippen LogP contribution in [0.1, 0.15) is 65.4 Å². The van der Waals surface area contributed by atoms with E-state index in [1.54, 1.807) is 0 Å². The van der Waals surface area contributed by atoms with Crippen molar-refractivity contribution in [3.63, 3.8) is 0 Å². The van der Waals surface area contributed by atoms with Gasteiger partial charge in [0.05, 0.1) is 0 Å². The highest BCUT2D eigenvalue weighted by atomic mass is 15.3. The fourth-order valence-corrected chi connectivity index (χ4v) is 3.55. The Bertz CT molecular complexity index is 457. The Balaban J connectivity index is 1.96. The molecule has 1 aromatic carbocycles. The number of rotatable bonds is 8. The molecule has 1 aromatic rings. The zero-order valence-corrected chi connectivity index (χ0v) is 15.8. The topological polar surface area (TPSA) is 6.48 Å². The Morgan fingerprint density at radius 1 is 0.957 bits per heavy atom. The van der Waals surface area contributed by atoms with Gasteiger partial charge in [-0.1, -0.05) is 52.7 Å². The largest absolute Gasteiger partial charge is 0.369 e. The van der Waals surface area contributed by atoms with E-state index in [9.17, 15) is 0 Å². The zero-order valence-electron chi connectivity index (χ0n) is 15.8. The highest BCUT2D eigenvalue weighted by molar-refractivity contribution is 5.50. The molecule has 130 valence electrons. The second-order valence-corrected chi connectivity index (χ2v) is 7.35. The molecular weight excluding hydrogens is 280 g/mol. The minimum atomic E-state index is 0.317. The standard InChI is InChI=1S/C21H36N2/c1-5-8-9-13-22-14-16-23(17-15-22)20-12-10-11-19(18-20)21(4,6-2)7-3/h10-12,18H,5-9,13-17H2,1-4H3. The third-order valence-corrected chi connectivity index (χ3v) is 5.92.